The molecule has 0 spiro atoms. The Morgan fingerprint density at radius 2 is 2.32 bits per heavy atom. The quantitative estimate of drug-likeness (QED) is 0.895. The lowest BCUT2D eigenvalue weighted by molar-refractivity contribution is 0.173. The Morgan fingerprint density at radius 3 is 3.21 bits per heavy atom. The van der Waals surface area contributed by atoms with E-state index in [4.69, 9.17) is 21.1 Å². The van der Waals surface area contributed by atoms with E-state index in [-0.39, 0.29) is 17.4 Å². The lowest BCUT2D eigenvalue weighted by Crippen LogP contribution is -2.11. The molecule has 2 N–H and O–H groups in total. The monoisotopic (exact) mass is 279 g/mol. The minimum absolute atomic E-state index is 0.0345. The second-order valence-electron chi connectivity index (χ2n) is 3.90. The van der Waals surface area contributed by atoms with Crippen molar-refractivity contribution >= 4 is 17.4 Å². The first-order valence-corrected chi connectivity index (χ1v) is 5.98. The van der Waals surface area contributed by atoms with Gasteiger partial charge in [0.05, 0.1) is 6.33 Å². The van der Waals surface area contributed by atoms with Crippen LogP contribution in [0.2, 0.25) is 5.02 Å². The zero-order chi connectivity index (χ0) is 13.2. The molecule has 3 rings (SSSR count). The molecule has 2 heterocycles. The SMILES string of the molecule is O=c1[nH]cnc(NCc2cccc3c2OCO3)c1Cl. The topological polar surface area (TPSA) is 76.2 Å². The van der Waals surface area contributed by atoms with Crippen molar-refractivity contribution in [3.8, 4) is 11.5 Å². The number of rotatable bonds is 3. The molecule has 0 aliphatic carbocycles. The van der Waals surface area contributed by atoms with Gasteiger partial charge in [-0.1, -0.05) is 23.7 Å². The lowest BCUT2D eigenvalue weighted by Gasteiger charge is -2.08. The van der Waals surface area contributed by atoms with E-state index >= 15 is 0 Å². The molecule has 2 aromatic rings. The van der Waals surface area contributed by atoms with Gasteiger partial charge in [0.1, 0.15) is 5.02 Å². The fraction of sp³-hybridized carbons (Fsp3) is 0.167. The highest BCUT2D eigenvalue weighted by molar-refractivity contribution is 6.32. The molecule has 0 amide bonds. The number of hydrogen-bond acceptors (Lipinski definition) is 5. The van der Waals surface area contributed by atoms with Crippen molar-refractivity contribution < 1.29 is 9.47 Å². The second kappa shape index (κ2) is 4.81. The average molecular weight is 280 g/mol. The lowest BCUT2D eigenvalue weighted by atomic mass is 10.2. The van der Waals surface area contributed by atoms with E-state index in [9.17, 15) is 4.79 Å². The first-order chi connectivity index (χ1) is 9.25. The number of para-hydroxylation sites is 1. The number of halogens is 1. The highest BCUT2D eigenvalue weighted by atomic mass is 35.5. The first kappa shape index (κ1) is 11.9. The van der Waals surface area contributed by atoms with Crippen molar-refractivity contribution in [2.75, 3.05) is 12.1 Å². The molecule has 1 aromatic heterocycles. The molecule has 0 radical (unpaired) electrons. The summed E-state index contributed by atoms with van der Waals surface area (Å²) in [6, 6.07) is 5.61. The summed E-state index contributed by atoms with van der Waals surface area (Å²) in [5.74, 6) is 1.75. The number of nitrogens with one attached hydrogen (secondary N) is 2. The third-order valence-electron chi connectivity index (χ3n) is 2.72. The average Bonchev–Trinajstić information content (AvgIpc) is 2.89. The summed E-state index contributed by atoms with van der Waals surface area (Å²) in [5, 5.41) is 3.04. The number of aromatic nitrogens is 2. The minimum Gasteiger partial charge on any atom is -0.454 e. The summed E-state index contributed by atoms with van der Waals surface area (Å²) in [5.41, 5.74) is 0.533. The van der Waals surface area contributed by atoms with E-state index in [1.165, 1.54) is 6.33 Å². The van der Waals surface area contributed by atoms with E-state index in [1.54, 1.807) is 0 Å². The predicted molar refractivity (Wildman–Crippen MR) is 69.8 cm³/mol. The van der Waals surface area contributed by atoms with Gasteiger partial charge in [-0.3, -0.25) is 4.79 Å². The molecular weight excluding hydrogens is 270 g/mol. The highest BCUT2D eigenvalue weighted by Crippen LogP contribution is 2.35. The third-order valence-corrected chi connectivity index (χ3v) is 3.07. The normalized spacial score (nSPS) is 12.5. The Balaban J connectivity index is 1.82. The molecule has 19 heavy (non-hydrogen) atoms. The largest absolute Gasteiger partial charge is 0.454 e. The Kier molecular flexibility index (Phi) is 3.00. The highest BCUT2D eigenvalue weighted by Gasteiger charge is 2.17. The van der Waals surface area contributed by atoms with Crippen molar-refractivity contribution in [3.63, 3.8) is 0 Å². The summed E-state index contributed by atoms with van der Waals surface area (Å²) >= 11 is 5.85. The zero-order valence-electron chi connectivity index (χ0n) is 9.77. The molecule has 0 saturated heterocycles. The van der Waals surface area contributed by atoms with Crippen molar-refractivity contribution in [3.05, 3.63) is 45.5 Å². The molecule has 1 aliphatic rings. The van der Waals surface area contributed by atoms with Gasteiger partial charge in [0, 0.05) is 12.1 Å². The van der Waals surface area contributed by atoms with E-state index in [1.807, 2.05) is 18.2 Å². The van der Waals surface area contributed by atoms with Crippen LogP contribution in [0.25, 0.3) is 0 Å². The van der Waals surface area contributed by atoms with E-state index in [0.29, 0.717) is 23.9 Å². The molecule has 0 saturated carbocycles. The molecule has 98 valence electrons. The Morgan fingerprint density at radius 1 is 1.42 bits per heavy atom. The fourth-order valence-electron chi connectivity index (χ4n) is 1.82. The van der Waals surface area contributed by atoms with Crippen LogP contribution in [0.5, 0.6) is 11.5 Å². The number of fused-ring (bicyclic) bond motifs is 1. The second-order valence-corrected chi connectivity index (χ2v) is 4.28. The van der Waals surface area contributed by atoms with Crippen LogP contribution in [0.4, 0.5) is 5.82 Å². The first-order valence-electron chi connectivity index (χ1n) is 5.60. The molecule has 0 fully saturated rings. The molecule has 0 bridgehead atoms. The van der Waals surface area contributed by atoms with E-state index in [0.717, 1.165) is 5.56 Å². The summed E-state index contributed by atoms with van der Waals surface area (Å²) in [6.45, 7) is 0.652. The van der Waals surface area contributed by atoms with Crippen molar-refractivity contribution in [1.29, 1.82) is 0 Å². The number of hydrogen-bond donors (Lipinski definition) is 2. The van der Waals surface area contributed by atoms with Gasteiger partial charge in [0.2, 0.25) is 6.79 Å². The van der Waals surface area contributed by atoms with Gasteiger partial charge in [-0.05, 0) is 6.07 Å². The number of nitrogens with zero attached hydrogens (tertiary/aromatic N) is 1. The van der Waals surface area contributed by atoms with Crippen LogP contribution in [0.15, 0.2) is 29.3 Å². The smallest absolute Gasteiger partial charge is 0.271 e. The molecule has 7 heteroatoms. The number of ether oxygens (including phenoxy) is 2. The summed E-state index contributed by atoms with van der Waals surface area (Å²) in [4.78, 5) is 17.7. The van der Waals surface area contributed by atoms with Crippen molar-refractivity contribution in [2.45, 2.75) is 6.54 Å². The van der Waals surface area contributed by atoms with Gasteiger partial charge < -0.3 is 19.8 Å². The fourth-order valence-corrected chi connectivity index (χ4v) is 1.99. The number of benzene rings is 1. The van der Waals surface area contributed by atoms with Crippen LogP contribution in [0.3, 0.4) is 0 Å². The number of H-pyrrole nitrogens is 1. The van der Waals surface area contributed by atoms with Crippen molar-refractivity contribution in [1.82, 2.24) is 9.97 Å². The molecule has 0 atom stereocenters. The van der Waals surface area contributed by atoms with Crippen molar-refractivity contribution in [2.24, 2.45) is 0 Å². The van der Waals surface area contributed by atoms with Gasteiger partial charge in [-0.15, -0.1) is 0 Å². The molecule has 1 aliphatic heterocycles. The van der Waals surface area contributed by atoms with Gasteiger partial charge in [0.15, 0.2) is 17.3 Å². The van der Waals surface area contributed by atoms with Crippen LogP contribution in [0, 0.1) is 0 Å². The molecule has 6 nitrogen and oxygen atoms in total. The van der Waals surface area contributed by atoms with Crippen LogP contribution < -0.4 is 20.3 Å². The Labute approximate surface area is 113 Å². The number of anilines is 1. The van der Waals surface area contributed by atoms with E-state index < -0.39 is 0 Å². The van der Waals surface area contributed by atoms with Gasteiger partial charge in [-0.25, -0.2) is 4.98 Å². The van der Waals surface area contributed by atoms with Crippen LogP contribution >= 0.6 is 11.6 Å². The van der Waals surface area contributed by atoms with Gasteiger partial charge in [0.25, 0.3) is 5.56 Å². The van der Waals surface area contributed by atoms with Crippen LogP contribution in [0.1, 0.15) is 5.56 Å². The molecule has 0 unspecified atom stereocenters. The maximum Gasteiger partial charge on any atom is 0.271 e. The third kappa shape index (κ3) is 2.22. The Hall–Kier alpha value is -2.21. The Bertz CT molecular complexity index is 672. The summed E-state index contributed by atoms with van der Waals surface area (Å²) in [6.07, 6.45) is 1.30. The summed E-state index contributed by atoms with van der Waals surface area (Å²) in [7, 11) is 0. The van der Waals surface area contributed by atoms with Crippen LogP contribution in [-0.4, -0.2) is 16.8 Å². The van der Waals surface area contributed by atoms with Gasteiger partial charge in [-0.2, -0.15) is 0 Å². The van der Waals surface area contributed by atoms with Crippen LogP contribution in [-0.2, 0) is 6.54 Å². The predicted octanol–water partition coefficient (Wildman–Crippen LogP) is 1.76. The molecular formula is C12H10ClN3O3. The number of aromatic amines is 1. The standard InChI is InChI=1S/C12H10ClN3O3/c13-9-11(15-5-16-12(9)17)14-4-7-2-1-3-8-10(7)19-6-18-8/h1-3,5H,4,6H2,(H2,14,15,16,17). The zero-order valence-corrected chi connectivity index (χ0v) is 10.5. The maximum atomic E-state index is 11.3. The van der Waals surface area contributed by atoms with E-state index in [2.05, 4.69) is 15.3 Å². The minimum atomic E-state index is -0.378. The summed E-state index contributed by atoms with van der Waals surface area (Å²) < 4.78 is 10.7. The van der Waals surface area contributed by atoms with Gasteiger partial charge >= 0.3 is 0 Å². The molecule has 1 aromatic carbocycles. The maximum absolute atomic E-state index is 11.3.